The highest BCUT2D eigenvalue weighted by Gasteiger charge is 2.19. The number of rotatable bonds is 7. The number of ether oxygens (including phenoxy) is 1. The van der Waals surface area contributed by atoms with E-state index in [1.165, 1.54) is 23.0 Å². The molecule has 0 unspecified atom stereocenters. The number of hydrogen-bond acceptors (Lipinski definition) is 7. The number of esters is 1. The van der Waals surface area contributed by atoms with Crippen LogP contribution in [0, 0.1) is 13.8 Å². The lowest BCUT2D eigenvalue weighted by Gasteiger charge is -2.13. The summed E-state index contributed by atoms with van der Waals surface area (Å²) in [5.41, 5.74) is 2.12. The monoisotopic (exact) mass is 415 g/mol. The lowest BCUT2D eigenvalue weighted by atomic mass is 10.2. The van der Waals surface area contributed by atoms with Crippen LogP contribution in [0.15, 0.2) is 41.7 Å². The number of aromatic nitrogens is 2. The molecule has 2 aromatic heterocycles. The number of nitrogens with zero attached hydrogens (tertiary/aromatic N) is 2. The molecular formula is C20H21N3O3S2. The molecular weight excluding hydrogens is 394 g/mol. The predicted molar refractivity (Wildman–Crippen MR) is 111 cm³/mol. The largest absolute Gasteiger partial charge is 0.452 e. The zero-order valence-corrected chi connectivity index (χ0v) is 17.5. The van der Waals surface area contributed by atoms with Gasteiger partial charge >= 0.3 is 5.97 Å². The molecule has 0 saturated carbocycles. The van der Waals surface area contributed by atoms with E-state index in [0.29, 0.717) is 6.54 Å². The summed E-state index contributed by atoms with van der Waals surface area (Å²) in [6.07, 6.45) is 0.651. The molecule has 1 atom stereocenters. The number of thiophene rings is 1. The average Bonchev–Trinajstić information content (AvgIpc) is 2.99. The molecule has 0 fully saturated rings. The van der Waals surface area contributed by atoms with Gasteiger partial charge in [-0.15, -0.1) is 11.3 Å². The number of nitrogens with one attached hydrogen (secondary N) is 1. The second-order valence-corrected chi connectivity index (χ2v) is 8.43. The van der Waals surface area contributed by atoms with Crippen molar-refractivity contribution >= 4 is 45.2 Å². The molecule has 0 saturated heterocycles. The first kappa shape index (κ1) is 20.3. The van der Waals surface area contributed by atoms with E-state index in [2.05, 4.69) is 15.3 Å². The van der Waals surface area contributed by atoms with E-state index in [1.54, 1.807) is 18.3 Å². The summed E-state index contributed by atoms with van der Waals surface area (Å²) in [6, 6.07) is 9.57. The minimum absolute atomic E-state index is 0.0801. The van der Waals surface area contributed by atoms with Gasteiger partial charge in [-0.25, -0.2) is 9.97 Å². The molecule has 1 amide bonds. The van der Waals surface area contributed by atoms with Gasteiger partial charge in [-0.2, -0.15) is 0 Å². The van der Waals surface area contributed by atoms with Gasteiger partial charge in [-0.05, 0) is 31.9 Å². The molecule has 8 heteroatoms. The maximum Gasteiger partial charge on any atom is 0.317 e. The number of aryl methyl sites for hydroxylation is 2. The van der Waals surface area contributed by atoms with Gasteiger partial charge < -0.3 is 10.1 Å². The lowest BCUT2D eigenvalue weighted by Crippen LogP contribution is -2.35. The van der Waals surface area contributed by atoms with Gasteiger partial charge in [-0.1, -0.05) is 42.1 Å². The summed E-state index contributed by atoms with van der Waals surface area (Å²) < 4.78 is 5.26. The average molecular weight is 416 g/mol. The number of carbonyl (C=O) groups excluding carboxylic acids is 2. The fraction of sp³-hybridized carbons (Fsp3) is 0.300. The van der Waals surface area contributed by atoms with E-state index in [4.69, 9.17) is 4.74 Å². The van der Waals surface area contributed by atoms with Gasteiger partial charge in [0.05, 0.1) is 5.75 Å². The molecule has 0 spiro atoms. The van der Waals surface area contributed by atoms with Crippen molar-refractivity contribution < 1.29 is 14.3 Å². The first-order valence-electron chi connectivity index (χ1n) is 8.80. The van der Waals surface area contributed by atoms with Gasteiger partial charge in [-0.3, -0.25) is 9.59 Å². The molecule has 1 aromatic carbocycles. The normalized spacial score (nSPS) is 12.0. The number of fused-ring (bicyclic) bond motifs is 1. The molecule has 0 aliphatic heterocycles. The van der Waals surface area contributed by atoms with Crippen molar-refractivity contribution in [2.24, 2.45) is 0 Å². The molecule has 146 valence electrons. The molecule has 28 heavy (non-hydrogen) atoms. The second-order valence-electron chi connectivity index (χ2n) is 6.27. The van der Waals surface area contributed by atoms with Crippen LogP contribution < -0.4 is 5.32 Å². The number of thioether (sulfide) groups is 1. The van der Waals surface area contributed by atoms with Gasteiger partial charge in [0.2, 0.25) is 0 Å². The van der Waals surface area contributed by atoms with E-state index >= 15 is 0 Å². The minimum Gasteiger partial charge on any atom is -0.452 e. The minimum atomic E-state index is -0.854. The summed E-state index contributed by atoms with van der Waals surface area (Å²) in [4.78, 5) is 35.0. The maximum absolute atomic E-state index is 12.2. The van der Waals surface area contributed by atoms with Gasteiger partial charge in [0.1, 0.15) is 16.2 Å². The van der Waals surface area contributed by atoms with Crippen LogP contribution >= 0.6 is 23.1 Å². The first-order valence-corrected chi connectivity index (χ1v) is 10.6. The predicted octanol–water partition coefficient (Wildman–Crippen LogP) is 3.65. The summed E-state index contributed by atoms with van der Waals surface area (Å²) in [5.74, 6) is -0.698. The molecule has 1 N–H and O–H groups in total. The molecule has 0 aliphatic carbocycles. The van der Waals surface area contributed by atoms with Crippen LogP contribution in [0.2, 0.25) is 0 Å². The second kappa shape index (κ2) is 9.16. The Morgan fingerprint density at radius 1 is 1.21 bits per heavy atom. The van der Waals surface area contributed by atoms with Crippen LogP contribution in [0.5, 0.6) is 0 Å². The molecule has 2 heterocycles. The summed E-state index contributed by atoms with van der Waals surface area (Å²) in [7, 11) is 0. The van der Waals surface area contributed by atoms with Crippen LogP contribution in [-0.2, 0) is 20.9 Å². The van der Waals surface area contributed by atoms with Crippen molar-refractivity contribution in [1.82, 2.24) is 15.3 Å². The van der Waals surface area contributed by atoms with Gasteiger partial charge in [0.15, 0.2) is 6.10 Å². The maximum atomic E-state index is 12.2. The Hall–Kier alpha value is -2.45. The Labute approximate surface area is 171 Å². The third kappa shape index (κ3) is 4.88. The zero-order chi connectivity index (χ0) is 20.1. The molecule has 0 bridgehead atoms. The Morgan fingerprint density at radius 2 is 1.96 bits per heavy atom. The van der Waals surface area contributed by atoms with E-state index < -0.39 is 12.1 Å². The molecule has 0 aliphatic rings. The summed E-state index contributed by atoms with van der Waals surface area (Å²) >= 11 is 2.91. The number of hydrogen-bond donors (Lipinski definition) is 1. The Morgan fingerprint density at radius 3 is 2.71 bits per heavy atom. The van der Waals surface area contributed by atoms with E-state index in [0.717, 1.165) is 26.4 Å². The van der Waals surface area contributed by atoms with Gasteiger partial charge in [0, 0.05) is 16.8 Å². The van der Waals surface area contributed by atoms with Crippen molar-refractivity contribution in [2.75, 3.05) is 5.75 Å². The van der Waals surface area contributed by atoms with E-state index in [-0.39, 0.29) is 11.7 Å². The van der Waals surface area contributed by atoms with Crippen LogP contribution in [0.1, 0.15) is 22.9 Å². The van der Waals surface area contributed by atoms with E-state index in [9.17, 15) is 9.59 Å². The highest BCUT2D eigenvalue weighted by Crippen LogP contribution is 2.34. The fourth-order valence-corrected chi connectivity index (χ4v) is 4.50. The summed E-state index contributed by atoms with van der Waals surface area (Å²) in [5, 5.41) is 4.51. The molecule has 3 aromatic rings. The third-order valence-corrected chi connectivity index (χ3v) is 6.32. The van der Waals surface area contributed by atoms with Crippen molar-refractivity contribution in [1.29, 1.82) is 0 Å². The summed E-state index contributed by atoms with van der Waals surface area (Å²) in [6.45, 7) is 6.03. The first-order chi connectivity index (χ1) is 13.5. The molecule has 0 radical (unpaired) electrons. The topological polar surface area (TPSA) is 81.2 Å². The quantitative estimate of drug-likeness (QED) is 0.360. The smallest absolute Gasteiger partial charge is 0.317 e. The highest BCUT2D eigenvalue weighted by atomic mass is 32.2. The van der Waals surface area contributed by atoms with Crippen molar-refractivity contribution in [3.63, 3.8) is 0 Å². The number of amides is 1. The Balaban J connectivity index is 1.52. The molecule has 3 rings (SSSR count). The Kier molecular flexibility index (Phi) is 6.64. The van der Waals surface area contributed by atoms with Crippen LogP contribution in [-0.4, -0.2) is 33.7 Å². The molecule has 6 nitrogen and oxygen atoms in total. The third-order valence-electron chi connectivity index (χ3n) is 4.24. The fourth-order valence-electron chi connectivity index (χ4n) is 2.60. The van der Waals surface area contributed by atoms with Crippen LogP contribution in [0.3, 0.4) is 0 Å². The Bertz CT molecular complexity index is 989. The standard InChI is InChI=1S/C20H21N3O3S2/c1-12-14(3)28-20-17(12)19(22-11-23-20)27-10-16(24)26-13(2)18(25)21-9-15-7-5-4-6-8-15/h4-8,11,13H,9-10H2,1-3H3,(H,21,25)/t13-/m0/s1. The van der Waals surface area contributed by atoms with Crippen molar-refractivity contribution in [2.45, 2.75) is 38.4 Å². The van der Waals surface area contributed by atoms with Crippen molar-refractivity contribution in [3.05, 3.63) is 52.7 Å². The van der Waals surface area contributed by atoms with Gasteiger partial charge in [0.25, 0.3) is 5.91 Å². The van der Waals surface area contributed by atoms with Crippen LogP contribution in [0.4, 0.5) is 0 Å². The zero-order valence-electron chi connectivity index (χ0n) is 15.9. The van der Waals surface area contributed by atoms with Crippen LogP contribution in [0.25, 0.3) is 10.2 Å². The van der Waals surface area contributed by atoms with Crippen molar-refractivity contribution in [3.8, 4) is 0 Å². The highest BCUT2D eigenvalue weighted by molar-refractivity contribution is 8.00. The van der Waals surface area contributed by atoms with E-state index in [1.807, 2.05) is 44.2 Å². The number of carbonyl (C=O) groups is 2. The SMILES string of the molecule is Cc1sc2ncnc(SCC(=O)O[C@@H](C)C(=O)NCc3ccccc3)c2c1C. The lowest BCUT2D eigenvalue weighted by molar-refractivity contribution is -0.152. The number of benzene rings is 1.